The molecular formula is C40H60N2O7. The van der Waals surface area contributed by atoms with Gasteiger partial charge >= 0.3 is 0 Å². The molecule has 0 radical (unpaired) electrons. The van der Waals surface area contributed by atoms with E-state index in [1.54, 1.807) is 32.3 Å². The predicted octanol–water partition coefficient (Wildman–Crippen LogP) is 5.21. The minimum Gasteiger partial charge on any atom is -0.390 e. The lowest BCUT2D eigenvalue weighted by molar-refractivity contribution is -0.245. The van der Waals surface area contributed by atoms with Gasteiger partial charge in [0.25, 0.3) is 5.91 Å². The lowest BCUT2D eigenvalue weighted by Crippen LogP contribution is -2.60. The maximum absolute atomic E-state index is 13.2. The molecule has 272 valence electrons. The van der Waals surface area contributed by atoms with Crippen molar-refractivity contribution in [2.24, 2.45) is 50.7 Å². The Balaban J connectivity index is 1.00. The molecule has 9 nitrogen and oxygen atoms in total. The second kappa shape index (κ2) is 11.2. The van der Waals surface area contributed by atoms with Crippen molar-refractivity contribution in [2.75, 3.05) is 19.7 Å². The zero-order valence-electron chi connectivity index (χ0n) is 30.7. The number of aromatic nitrogens is 1. The van der Waals surface area contributed by atoms with E-state index in [0.717, 1.165) is 32.1 Å². The third-order valence-corrected chi connectivity index (χ3v) is 16.4. The number of amides is 1. The van der Waals surface area contributed by atoms with E-state index in [1.165, 1.54) is 12.8 Å². The highest BCUT2D eigenvalue weighted by atomic mass is 16.7. The summed E-state index contributed by atoms with van der Waals surface area (Å²) >= 11 is 0. The Labute approximate surface area is 292 Å². The molecule has 14 atom stereocenters. The van der Waals surface area contributed by atoms with Gasteiger partial charge in [0, 0.05) is 24.4 Å². The average Bonchev–Trinajstić information content (AvgIpc) is 3.70. The average molecular weight is 681 g/mol. The van der Waals surface area contributed by atoms with Crippen molar-refractivity contribution in [1.29, 1.82) is 0 Å². The first kappa shape index (κ1) is 34.5. The largest absolute Gasteiger partial charge is 0.390 e. The fourth-order valence-corrected chi connectivity index (χ4v) is 14.0. The Bertz CT molecular complexity index is 1450. The van der Waals surface area contributed by atoms with Gasteiger partial charge in [0.2, 0.25) is 0 Å². The highest BCUT2D eigenvalue weighted by Gasteiger charge is 2.84. The SMILES string of the molecule is C[C@@H]1CC([C@H](O)C(C)(C)O)OC2C1[C@@]1(C)CCC34C[C@@]35CC[C@H](OC3CN(C(=O)c6cccnc6)CCO3)C(C)(C)[C@@H]5CC[C@H]4C1(C)[C@H]2O. The van der Waals surface area contributed by atoms with Crippen LogP contribution >= 0.6 is 0 Å². The summed E-state index contributed by atoms with van der Waals surface area (Å²) in [5.41, 5.74) is -0.567. The molecule has 0 aromatic carbocycles. The third kappa shape index (κ3) is 4.64. The van der Waals surface area contributed by atoms with Crippen molar-refractivity contribution >= 4 is 5.91 Å². The molecule has 2 saturated heterocycles. The van der Waals surface area contributed by atoms with Crippen LogP contribution in [-0.2, 0) is 14.2 Å². The smallest absolute Gasteiger partial charge is 0.255 e. The molecule has 5 aliphatic carbocycles. The number of morpholine rings is 1. The molecule has 6 unspecified atom stereocenters. The molecule has 3 N–H and O–H groups in total. The number of nitrogens with zero attached hydrogens (tertiary/aromatic N) is 2. The number of fused-ring (bicyclic) bond motifs is 4. The number of hydrogen-bond donors (Lipinski definition) is 3. The van der Waals surface area contributed by atoms with Gasteiger partial charge in [-0.2, -0.15) is 0 Å². The number of pyridine rings is 1. The van der Waals surface area contributed by atoms with E-state index in [-0.39, 0.29) is 57.0 Å². The Morgan fingerprint density at radius 3 is 2.55 bits per heavy atom. The lowest BCUT2D eigenvalue weighted by Gasteiger charge is -2.64. The number of ether oxygens (including phenoxy) is 3. The number of carbonyl (C=O) groups excluding carboxylic acids is 1. The summed E-state index contributed by atoms with van der Waals surface area (Å²) in [5.74, 6) is 1.43. The molecule has 2 spiro atoms. The summed E-state index contributed by atoms with van der Waals surface area (Å²) in [4.78, 5) is 19.2. The van der Waals surface area contributed by atoms with E-state index in [1.807, 2.05) is 11.0 Å². The third-order valence-electron chi connectivity index (χ3n) is 16.4. The Kier molecular flexibility index (Phi) is 7.87. The van der Waals surface area contributed by atoms with Crippen LogP contribution in [0, 0.1) is 50.7 Å². The van der Waals surface area contributed by atoms with E-state index in [4.69, 9.17) is 14.2 Å². The summed E-state index contributed by atoms with van der Waals surface area (Å²) in [6.45, 7) is 16.7. The van der Waals surface area contributed by atoms with Gasteiger partial charge in [0.15, 0.2) is 6.29 Å². The molecule has 3 heterocycles. The van der Waals surface area contributed by atoms with Gasteiger partial charge in [0.05, 0.1) is 48.7 Å². The molecule has 1 aromatic rings. The first-order valence-electron chi connectivity index (χ1n) is 19.2. The molecule has 0 bridgehead atoms. The van der Waals surface area contributed by atoms with E-state index < -0.39 is 30.2 Å². The van der Waals surface area contributed by atoms with Gasteiger partial charge in [-0.3, -0.25) is 9.78 Å². The first-order valence-corrected chi connectivity index (χ1v) is 19.2. The predicted molar refractivity (Wildman–Crippen MR) is 183 cm³/mol. The fraction of sp³-hybridized carbons (Fsp3) is 0.850. The maximum Gasteiger partial charge on any atom is 0.255 e. The molecule has 1 amide bonds. The van der Waals surface area contributed by atoms with Crippen LogP contribution in [-0.4, -0.2) is 93.2 Å². The number of aliphatic hydroxyl groups is 3. The van der Waals surface area contributed by atoms with Crippen LogP contribution in [0.2, 0.25) is 0 Å². The zero-order chi connectivity index (χ0) is 34.9. The van der Waals surface area contributed by atoms with Gasteiger partial charge in [-0.05, 0) is 123 Å². The van der Waals surface area contributed by atoms with E-state index in [9.17, 15) is 20.1 Å². The Morgan fingerprint density at radius 1 is 1.10 bits per heavy atom. The van der Waals surface area contributed by atoms with Crippen LogP contribution in [0.3, 0.4) is 0 Å². The number of carbonyl (C=O) groups is 1. The zero-order valence-corrected chi connectivity index (χ0v) is 30.7. The van der Waals surface area contributed by atoms with Gasteiger partial charge in [-0.15, -0.1) is 0 Å². The van der Waals surface area contributed by atoms with Crippen molar-refractivity contribution in [2.45, 2.75) is 142 Å². The molecular weight excluding hydrogens is 620 g/mol. The maximum atomic E-state index is 13.2. The molecule has 8 rings (SSSR count). The van der Waals surface area contributed by atoms with Gasteiger partial charge in [-0.1, -0.05) is 34.6 Å². The van der Waals surface area contributed by atoms with Crippen LogP contribution in [0.15, 0.2) is 24.5 Å². The van der Waals surface area contributed by atoms with E-state index >= 15 is 0 Å². The Hall–Kier alpha value is -1.62. The minimum absolute atomic E-state index is 0.0273. The summed E-state index contributed by atoms with van der Waals surface area (Å²) in [6, 6.07) is 3.61. The van der Waals surface area contributed by atoms with Gasteiger partial charge < -0.3 is 34.4 Å². The normalized spacial score (nSPS) is 49.1. The molecule has 49 heavy (non-hydrogen) atoms. The molecule has 7 aliphatic rings. The number of rotatable bonds is 5. The van der Waals surface area contributed by atoms with Gasteiger partial charge in [-0.25, -0.2) is 0 Å². The summed E-state index contributed by atoms with van der Waals surface area (Å²) < 4.78 is 19.6. The van der Waals surface area contributed by atoms with Crippen LogP contribution < -0.4 is 0 Å². The topological polar surface area (TPSA) is 122 Å². The summed E-state index contributed by atoms with van der Waals surface area (Å²) in [5, 5.41) is 34.2. The summed E-state index contributed by atoms with van der Waals surface area (Å²) in [6.07, 6.45) is 9.07. The minimum atomic E-state index is -1.26. The van der Waals surface area contributed by atoms with Crippen molar-refractivity contribution in [3.63, 3.8) is 0 Å². The van der Waals surface area contributed by atoms with Crippen LogP contribution in [0.25, 0.3) is 0 Å². The van der Waals surface area contributed by atoms with Crippen molar-refractivity contribution < 1.29 is 34.3 Å². The highest BCUT2D eigenvalue weighted by Crippen LogP contribution is 2.89. The highest BCUT2D eigenvalue weighted by molar-refractivity contribution is 5.93. The second-order valence-corrected chi connectivity index (χ2v) is 19.1. The van der Waals surface area contributed by atoms with E-state index in [0.29, 0.717) is 43.5 Å². The van der Waals surface area contributed by atoms with Crippen molar-refractivity contribution in [1.82, 2.24) is 9.88 Å². The summed E-state index contributed by atoms with van der Waals surface area (Å²) in [7, 11) is 0. The quantitative estimate of drug-likeness (QED) is 0.388. The monoisotopic (exact) mass is 680 g/mol. The van der Waals surface area contributed by atoms with E-state index in [2.05, 4.69) is 39.6 Å². The molecule has 9 heteroatoms. The Morgan fingerprint density at radius 2 is 1.84 bits per heavy atom. The second-order valence-electron chi connectivity index (χ2n) is 19.1. The van der Waals surface area contributed by atoms with Crippen LogP contribution in [0.1, 0.15) is 110 Å². The van der Waals surface area contributed by atoms with Crippen LogP contribution in [0.5, 0.6) is 0 Å². The number of aliphatic hydroxyl groups excluding tert-OH is 2. The number of hydrogen-bond acceptors (Lipinski definition) is 8. The fourth-order valence-electron chi connectivity index (χ4n) is 14.0. The lowest BCUT2D eigenvalue weighted by atomic mass is 9.41. The first-order chi connectivity index (χ1) is 23.0. The van der Waals surface area contributed by atoms with Gasteiger partial charge in [0.1, 0.15) is 6.10 Å². The van der Waals surface area contributed by atoms with Crippen molar-refractivity contribution in [3.8, 4) is 0 Å². The molecule has 5 saturated carbocycles. The molecule has 7 fully saturated rings. The molecule has 2 aliphatic heterocycles. The molecule has 1 aromatic heterocycles. The van der Waals surface area contributed by atoms with Crippen LogP contribution in [0.4, 0.5) is 0 Å². The standard InChI is InChI=1S/C40H60N2O7/c1-23-19-25(32(43)36(4,5)46)48-31-30(23)37(6)14-15-40-22-39(40)13-12-28(35(2,3)26(39)10-11-27(40)38(37,7)33(31)44)49-29-21-42(17-18-47-29)34(45)24-9-8-16-41-20-24/h8-9,16,20,23,25-33,43-44,46H,10-15,17-19,21-22H2,1-7H3/t23-,25?,26+,27+,28+,29?,30?,31?,32+,33+,37-,38?,39-,40?/m1/s1. The van der Waals surface area contributed by atoms with Crippen molar-refractivity contribution in [3.05, 3.63) is 30.1 Å².